The van der Waals surface area contributed by atoms with Gasteiger partial charge in [0.05, 0.1) is 0 Å². The first-order chi connectivity index (χ1) is 6.77. The largest absolute Gasteiger partial charge is 0.423 e. The molecule has 0 atom stereocenters. The molecule has 0 spiro atoms. The minimum absolute atomic E-state index is 0.302. The molecule has 1 aromatic heterocycles. The molecule has 0 radical (unpaired) electrons. The first-order valence-corrected chi connectivity index (χ1v) is 4.16. The lowest BCUT2D eigenvalue weighted by Gasteiger charge is -1.91. The summed E-state index contributed by atoms with van der Waals surface area (Å²) in [5.74, 6) is 0. The van der Waals surface area contributed by atoms with Crippen molar-refractivity contribution in [3.8, 4) is 0 Å². The number of carbonyl (C=O) groups excluding carboxylic acids is 1. The van der Waals surface area contributed by atoms with Crippen molar-refractivity contribution in [2.75, 3.05) is 0 Å². The van der Waals surface area contributed by atoms with Gasteiger partial charge in [0, 0.05) is 11.5 Å². The molecule has 1 heterocycles. The average Bonchev–Trinajstić information content (AvgIpc) is 2.19. The molecule has 2 aromatic rings. The van der Waals surface area contributed by atoms with Crippen LogP contribution in [-0.4, -0.2) is 6.29 Å². The maximum Gasteiger partial charge on any atom is 0.336 e. The van der Waals surface area contributed by atoms with E-state index in [2.05, 4.69) is 0 Å². The van der Waals surface area contributed by atoms with Crippen LogP contribution in [0, 0.1) is 0 Å². The van der Waals surface area contributed by atoms with Crippen molar-refractivity contribution < 1.29 is 9.21 Å². The normalized spacial score (nSPS) is 8.93. The Morgan fingerprint density at radius 3 is 2.50 bits per heavy atom. The summed E-state index contributed by atoms with van der Waals surface area (Å²) < 4.78 is 4.91. The van der Waals surface area contributed by atoms with E-state index >= 15 is 0 Å². The smallest absolute Gasteiger partial charge is 0.336 e. The lowest BCUT2D eigenvalue weighted by molar-refractivity contribution is -0.106. The summed E-state index contributed by atoms with van der Waals surface area (Å²) in [5.41, 5.74) is 0.337. The molecule has 3 heteroatoms. The number of para-hydroxylation sites is 1. The molecule has 2 rings (SSSR count). The van der Waals surface area contributed by atoms with Gasteiger partial charge in [-0.05, 0) is 19.1 Å². The Labute approximate surface area is 81.0 Å². The van der Waals surface area contributed by atoms with E-state index in [4.69, 9.17) is 9.21 Å². The molecule has 0 amide bonds. The molecule has 0 aliphatic carbocycles. The Bertz CT molecular complexity index is 471. The van der Waals surface area contributed by atoms with Gasteiger partial charge in [-0.25, -0.2) is 4.79 Å². The van der Waals surface area contributed by atoms with Crippen molar-refractivity contribution in [3.63, 3.8) is 0 Å². The molecule has 0 aliphatic rings. The highest BCUT2D eigenvalue weighted by atomic mass is 16.4. The Kier molecular flexibility index (Phi) is 3.61. The highest BCUT2D eigenvalue weighted by Crippen LogP contribution is 2.08. The number of hydrogen-bond acceptors (Lipinski definition) is 3. The Morgan fingerprint density at radius 2 is 1.79 bits per heavy atom. The predicted octanol–water partition coefficient (Wildman–Crippen LogP) is 2.00. The van der Waals surface area contributed by atoms with Crippen LogP contribution in [0.5, 0.6) is 0 Å². The summed E-state index contributed by atoms with van der Waals surface area (Å²) in [4.78, 5) is 19.5. The maximum absolute atomic E-state index is 10.7. The zero-order valence-electron chi connectivity index (χ0n) is 7.77. The zero-order valence-corrected chi connectivity index (χ0v) is 7.77. The number of fused-ring (bicyclic) bond motifs is 1. The first-order valence-electron chi connectivity index (χ1n) is 4.16. The summed E-state index contributed by atoms with van der Waals surface area (Å²) in [6, 6.07) is 10.6. The van der Waals surface area contributed by atoms with Crippen LogP contribution in [0.15, 0.2) is 45.6 Å². The predicted molar refractivity (Wildman–Crippen MR) is 54.2 cm³/mol. The van der Waals surface area contributed by atoms with Crippen LogP contribution in [-0.2, 0) is 4.79 Å². The molecule has 0 unspecified atom stereocenters. The summed E-state index contributed by atoms with van der Waals surface area (Å²) in [5, 5.41) is 0.951. The molecule has 1 aromatic carbocycles. The molecular weight excluding hydrogens is 180 g/mol. The molecule has 0 bridgehead atoms. The Morgan fingerprint density at radius 1 is 1.14 bits per heavy atom. The van der Waals surface area contributed by atoms with E-state index in [-0.39, 0.29) is 5.63 Å². The van der Waals surface area contributed by atoms with E-state index < -0.39 is 0 Å². The van der Waals surface area contributed by atoms with Gasteiger partial charge in [-0.2, -0.15) is 0 Å². The van der Waals surface area contributed by atoms with Gasteiger partial charge in [-0.1, -0.05) is 18.2 Å². The van der Waals surface area contributed by atoms with E-state index in [0.717, 1.165) is 11.7 Å². The second-order valence-electron chi connectivity index (χ2n) is 2.53. The van der Waals surface area contributed by atoms with Gasteiger partial charge < -0.3 is 9.21 Å². The SMILES string of the molecule is CC=O.O=c1ccc2ccccc2o1. The van der Waals surface area contributed by atoms with Crippen molar-refractivity contribution >= 4 is 17.3 Å². The Balaban J connectivity index is 0.000000293. The van der Waals surface area contributed by atoms with Gasteiger partial charge in [0.25, 0.3) is 0 Å². The summed E-state index contributed by atoms with van der Waals surface area (Å²) in [6.45, 7) is 1.44. The number of benzene rings is 1. The lowest BCUT2D eigenvalue weighted by atomic mass is 10.2. The molecule has 14 heavy (non-hydrogen) atoms. The fraction of sp³-hybridized carbons (Fsp3) is 0.0909. The fourth-order valence-corrected chi connectivity index (χ4v) is 1.01. The van der Waals surface area contributed by atoms with E-state index in [0.29, 0.717) is 5.58 Å². The van der Waals surface area contributed by atoms with Gasteiger partial charge in [-0.15, -0.1) is 0 Å². The van der Waals surface area contributed by atoms with Crippen molar-refractivity contribution in [3.05, 3.63) is 46.8 Å². The van der Waals surface area contributed by atoms with Crippen LogP contribution in [0.3, 0.4) is 0 Å². The monoisotopic (exact) mass is 190 g/mol. The number of aldehydes is 1. The lowest BCUT2D eigenvalue weighted by Crippen LogP contribution is -1.93. The van der Waals surface area contributed by atoms with Crippen molar-refractivity contribution in [2.24, 2.45) is 0 Å². The molecule has 0 saturated heterocycles. The molecule has 3 nitrogen and oxygen atoms in total. The molecule has 0 saturated carbocycles. The second-order valence-corrected chi connectivity index (χ2v) is 2.53. The number of hydrogen-bond donors (Lipinski definition) is 0. The minimum Gasteiger partial charge on any atom is -0.423 e. The van der Waals surface area contributed by atoms with Crippen molar-refractivity contribution in [2.45, 2.75) is 6.92 Å². The standard InChI is InChI=1S/C9H6O2.C2H4O/c10-9-6-5-7-3-1-2-4-8(7)11-9;1-2-3/h1-6H;2H,1H3. The second kappa shape index (κ2) is 4.97. The third-order valence-corrected chi connectivity index (χ3v) is 1.53. The minimum atomic E-state index is -0.302. The van der Waals surface area contributed by atoms with Crippen LogP contribution < -0.4 is 5.63 Å². The van der Waals surface area contributed by atoms with Crippen LogP contribution in [0.4, 0.5) is 0 Å². The van der Waals surface area contributed by atoms with E-state index in [1.165, 1.54) is 13.0 Å². The van der Waals surface area contributed by atoms with Crippen LogP contribution >= 0.6 is 0 Å². The van der Waals surface area contributed by atoms with Gasteiger partial charge in [0.2, 0.25) is 0 Å². The van der Waals surface area contributed by atoms with Crippen LogP contribution in [0.25, 0.3) is 11.0 Å². The van der Waals surface area contributed by atoms with Crippen molar-refractivity contribution in [1.29, 1.82) is 0 Å². The van der Waals surface area contributed by atoms with Gasteiger partial charge in [0.1, 0.15) is 11.9 Å². The number of carbonyl (C=O) groups is 1. The van der Waals surface area contributed by atoms with Crippen LogP contribution in [0.2, 0.25) is 0 Å². The maximum atomic E-state index is 10.7. The highest BCUT2D eigenvalue weighted by Gasteiger charge is 1.92. The molecular formula is C11H10O3. The van der Waals surface area contributed by atoms with Gasteiger partial charge in [0.15, 0.2) is 0 Å². The van der Waals surface area contributed by atoms with E-state index in [1.807, 2.05) is 18.2 Å². The Hall–Kier alpha value is -1.90. The topological polar surface area (TPSA) is 47.3 Å². The molecule has 72 valence electrons. The molecule has 0 fully saturated rings. The summed E-state index contributed by atoms with van der Waals surface area (Å²) in [6.07, 6.45) is 0.750. The highest BCUT2D eigenvalue weighted by molar-refractivity contribution is 5.75. The first kappa shape index (κ1) is 10.2. The number of rotatable bonds is 0. The molecule has 0 aliphatic heterocycles. The van der Waals surface area contributed by atoms with E-state index in [9.17, 15) is 4.79 Å². The fourth-order valence-electron chi connectivity index (χ4n) is 1.01. The van der Waals surface area contributed by atoms with Gasteiger partial charge >= 0.3 is 5.63 Å². The van der Waals surface area contributed by atoms with Gasteiger partial charge in [-0.3, -0.25) is 0 Å². The third-order valence-electron chi connectivity index (χ3n) is 1.53. The summed E-state index contributed by atoms with van der Waals surface area (Å²) in [7, 11) is 0. The van der Waals surface area contributed by atoms with Crippen LogP contribution in [0.1, 0.15) is 6.92 Å². The average molecular weight is 190 g/mol. The zero-order chi connectivity index (χ0) is 10.4. The molecule has 0 N–H and O–H groups in total. The quantitative estimate of drug-likeness (QED) is 0.471. The van der Waals surface area contributed by atoms with Crippen molar-refractivity contribution in [1.82, 2.24) is 0 Å². The summed E-state index contributed by atoms with van der Waals surface area (Å²) >= 11 is 0. The van der Waals surface area contributed by atoms with E-state index in [1.54, 1.807) is 12.1 Å². The third kappa shape index (κ3) is 2.55.